The van der Waals surface area contributed by atoms with Crippen LogP contribution in [0.15, 0.2) is 71.6 Å². The van der Waals surface area contributed by atoms with Gasteiger partial charge in [0.05, 0.1) is 29.5 Å². The molecule has 2 N–H and O–H groups in total. The van der Waals surface area contributed by atoms with Crippen molar-refractivity contribution >= 4 is 33.0 Å². The van der Waals surface area contributed by atoms with Crippen molar-refractivity contribution in [3.05, 3.63) is 83.4 Å². The summed E-state index contributed by atoms with van der Waals surface area (Å²) in [5.41, 5.74) is 4.00. The fourth-order valence-electron chi connectivity index (χ4n) is 3.78. The summed E-state index contributed by atoms with van der Waals surface area (Å²) in [6.45, 7) is 6.42. The summed E-state index contributed by atoms with van der Waals surface area (Å²) in [4.78, 5) is 15.4. The van der Waals surface area contributed by atoms with Gasteiger partial charge in [-0.25, -0.2) is 8.42 Å². The summed E-state index contributed by atoms with van der Waals surface area (Å²) in [5.74, 6) is -0.360. The van der Waals surface area contributed by atoms with Gasteiger partial charge in [0.1, 0.15) is 0 Å². The average Bonchev–Trinajstić information content (AvgIpc) is 2.80. The Morgan fingerprint density at radius 2 is 1.70 bits per heavy atom. The Bertz CT molecular complexity index is 1270. The lowest BCUT2D eigenvalue weighted by Crippen LogP contribution is -2.36. The zero-order valence-corrected chi connectivity index (χ0v) is 19.5. The van der Waals surface area contributed by atoms with Crippen molar-refractivity contribution in [3.8, 4) is 0 Å². The van der Waals surface area contributed by atoms with Gasteiger partial charge in [0, 0.05) is 24.3 Å². The molecule has 0 atom stereocenters. The maximum absolute atomic E-state index is 13.2. The standard InChI is InChI=1S/C25H27N3O4S/c1-18-6-5-7-20(16-18)27-33(30,31)21-11-10-19(2)22(17-21)25(29)26-23-8-3-4-9-24(23)28-12-14-32-15-13-28/h3-11,16-17,27H,12-15H2,1-2H3,(H,26,29). The number of anilines is 3. The maximum atomic E-state index is 13.2. The number of para-hydroxylation sites is 2. The Morgan fingerprint density at radius 1 is 0.939 bits per heavy atom. The van der Waals surface area contributed by atoms with Crippen LogP contribution in [0.25, 0.3) is 0 Å². The highest BCUT2D eigenvalue weighted by atomic mass is 32.2. The predicted octanol–water partition coefficient (Wildman–Crippen LogP) is 4.19. The molecule has 0 bridgehead atoms. The van der Waals surface area contributed by atoms with Crippen LogP contribution in [0.1, 0.15) is 21.5 Å². The molecule has 3 aromatic carbocycles. The lowest BCUT2D eigenvalue weighted by atomic mass is 10.1. The molecule has 3 aromatic rings. The number of amides is 1. The van der Waals surface area contributed by atoms with Crippen LogP contribution in [0.4, 0.5) is 17.1 Å². The van der Waals surface area contributed by atoms with Crippen LogP contribution in [0.3, 0.4) is 0 Å². The Morgan fingerprint density at radius 3 is 2.45 bits per heavy atom. The van der Waals surface area contributed by atoms with Crippen molar-refractivity contribution in [2.45, 2.75) is 18.7 Å². The van der Waals surface area contributed by atoms with Crippen LogP contribution in [-0.2, 0) is 14.8 Å². The number of morpholine rings is 1. The fraction of sp³-hybridized carbons (Fsp3) is 0.240. The summed E-state index contributed by atoms with van der Waals surface area (Å²) < 4.78 is 33.9. The van der Waals surface area contributed by atoms with Gasteiger partial charge in [0.2, 0.25) is 0 Å². The first-order valence-electron chi connectivity index (χ1n) is 10.8. The van der Waals surface area contributed by atoms with Crippen molar-refractivity contribution in [2.24, 2.45) is 0 Å². The molecule has 0 radical (unpaired) electrons. The van der Waals surface area contributed by atoms with Gasteiger partial charge in [0.25, 0.3) is 15.9 Å². The van der Waals surface area contributed by atoms with E-state index in [1.807, 2.05) is 37.3 Å². The third-order valence-electron chi connectivity index (χ3n) is 5.54. The molecule has 1 heterocycles. The van der Waals surface area contributed by atoms with Gasteiger partial charge in [-0.05, 0) is 61.4 Å². The molecule has 172 valence electrons. The third-order valence-corrected chi connectivity index (χ3v) is 6.92. The fourth-order valence-corrected chi connectivity index (χ4v) is 4.86. The van der Waals surface area contributed by atoms with Crippen LogP contribution >= 0.6 is 0 Å². The minimum Gasteiger partial charge on any atom is -0.378 e. The quantitative estimate of drug-likeness (QED) is 0.570. The molecule has 33 heavy (non-hydrogen) atoms. The van der Waals surface area contributed by atoms with Crippen molar-refractivity contribution < 1.29 is 17.9 Å². The third kappa shape index (κ3) is 5.35. The predicted molar refractivity (Wildman–Crippen MR) is 131 cm³/mol. The first-order chi connectivity index (χ1) is 15.8. The number of nitrogens with one attached hydrogen (secondary N) is 2. The topological polar surface area (TPSA) is 87.7 Å². The first kappa shape index (κ1) is 22.8. The minimum atomic E-state index is -3.85. The molecule has 1 saturated heterocycles. The number of carbonyl (C=O) groups excluding carboxylic acids is 1. The molecule has 1 fully saturated rings. The molecule has 4 rings (SSSR count). The van der Waals surface area contributed by atoms with Gasteiger partial charge in [0.15, 0.2) is 0 Å². The molecule has 7 nitrogen and oxygen atoms in total. The van der Waals surface area contributed by atoms with Crippen LogP contribution in [-0.4, -0.2) is 40.6 Å². The van der Waals surface area contributed by atoms with Gasteiger partial charge < -0.3 is 15.0 Å². The molecular formula is C25H27N3O4S. The normalized spacial score (nSPS) is 14.1. The summed E-state index contributed by atoms with van der Waals surface area (Å²) in [7, 11) is -3.85. The number of ether oxygens (including phenoxy) is 1. The van der Waals surface area contributed by atoms with Crippen LogP contribution in [0, 0.1) is 13.8 Å². The number of hydrogen-bond acceptors (Lipinski definition) is 5. The smallest absolute Gasteiger partial charge is 0.261 e. The van der Waals surface area contributed by atoms with E-state index in [0.717, 1.165) is 24.3 Å². The van der Waals surface area contributed by atoms with Crippen LogP contribution in [0.2, 0.25) is 0 Å². The summed E-state index contributed by atoms with van der Waals surface area (Å²) in [5, 5.41) is 2.96. The van der Waals surface area contributed by atoms with E-state index in [2.05, 4.69) is 14.9 Å². The van der Waals surface area contributed by atoms with E-state index in [-0.39, 0.29) is 10.8 Å². The highest BCUT2D eigenvalue weighted by Crippen LogP contribution is 2.28. The van der Waals surface area contributed by atoms with E-state index >= 15 is 0 Å². The number of sulfonamides is 1. The molecule has 0 unspecified atom stereocenters. The zero-order valence-electron chi connectivity index (χ0n) is 18.7. The summed E-state index contributed by atoms with van der Waals surface area (Å²) in [6.07, 6.45) is 0. The molecule has 0 saturated carbocycles. The van der Waals surface area contributed by atoms with Crippen molar-refractivity contribution in [2.75, 3.05) is 41.2 Å². The SMILES string of the molecule is Cc1cccc(NS(=O)(=O)c2ccc(C)c(C(=O)Nc3ccccc3N3CCOCC3)c2)c1. The second-order valence-corrected chi connectivity index (χ2v) is 9.70. The molecule has 8 heteroatoms. The average molecular weight is 466 g/mol. The second kappa shape index (κ2) is 9.64. The number of hydrogen-bond donors (Lipinski definition) is 2. The van der Waals surface area contributed by atoms with Crippen molar-refractivity contribution in [1.82, 2.24) is 0 Å². The van der Waals surface area contributed by atoms with E-state index in [0.29, 0.717) is 35.7 Å². The van der Waals surface area contributed by atoms with E-state index in [9.17, 15) is 13.2 Å². The molecule has 0 aliphatic carbocycles. The Labute approximate surface area is 194 Å². The van der Waals surface area contributed by atoms with Gasteiger partial charge in [-0.3, -0.25) is 9.52 Å². The van der Waals surface area contributed by atoms with E-state index in [4.69, 9.17) is 4.74 Å². The molecule has 1 amide bonds. The number of nitrogens with zero attached hydrogens (tertiary/aromatic N) is 1. The first-order valence-corrected chi connectivity index (χ1v) is 12.2. The number of aryl methyl sites for hydroxylation is 2. The molecule has 0 aromatic heterocycles. The summed E-state index contributed by atoms with van der Waals surface area (Å²) >= 11 is 0. The van der Waals surface area contributed by atoms with E-state index in [1.165, 1.54) is 12.1 Å². The lowest BCUT2D eigenvalue weighted by Gasteiger charge is -2.30. The Hall–Kier alpha value is -3.36. The zero-order chi connectivity index (χ0) is 23.4. The number of carbonyl (C=O) groups is 1. The van der Waals surface area contributed by atoms with Crippen molar-refractivity contribution in [3.63, 3.8) is 0 Å². The molecule has 0 spiro atoms. The highest BCUT2D eigenvalue weighted by Gasteiger charge is 2.20. The Kier molecular flexibility index (Phi) is 6.67. The second-order valence-electron chi connectivity index (χ2n) is 8.02. The number of rotatable bonds is 6. The minimum absolute atomic E-state index is 0.0289. The van der Waals surface area contributed by atoms with Gasteiger partial charge >= 0.3 is 0 Å². The lowest BCUT2D eigenvalue weighted by molar-refractivity contribution is 0.102. The largest absolute Gasteiger partial charge is 0.378 e. The highest BCUT2D eigenvalue weighted by molar-refractivity contribution is 7.92. The molecule has 1 aliphatic rings. The van der Waals surface area contributed by atoms with Crippen LogP contribution < -0.4 is 14.9 Å². The van der Waals surface area contributed by atoms with Gasteiger partial charge in [-0.2, -0.15) is 0 Å². The monoisotopic (exact) mass is 465 g/mol. The van der Waals surface area contributed by atoms with Gasteiger partial charge in [-0.15, -0.1) is 0 Å². The van der Waals surface area contributed by atoms with Crippen molar-refractivity contribution in [1.29, 1.82) is 0 Å². The van der Waals surface area contributed by atoms with Gasteiger partial charge in [-0.1, -0.05) is 30.3 Å². The maximum Gasteiger partial charge on any atom is 0.261 e. The van der Waals surface area contributed by atoms with Crippen LogP contribution in [0.5, 0.6) is 0 Å². The molecular weight excluding hydrogens is 438 g/mol. The Balaban J connectivity index is 1.59. The van der Waals surface area contributed by atoms with E-state index < -0.39 is 10.0 Å². The van der Waals surface area contributed by atoms with E-state index in [1.54, 1.807) is 31.2 Å². The molecule has 1 aliphatic heterocycles. The summed E-state index contributed by atoms with van der Waals surface area (Å²) in [6, 6.07) is 19.3. The number of benzene rings is 3.